The summed E-state index contributed by atoms with van der Waals surface area (Å²) in [5.41, 5.74) is 0.268. The number of hydrogen-bond donors (Lipinski definition) is 2. The van der Waals surface area contributed by atoms with Crippen LogP contribution in [0.4, 0.5) is 5.69 Å². The minimum Gasteiger partial charge on any atom is -0.475 e. The third kappa shape index (κ3) is 3.02. The minimum absolute atomic E-state index is 0.187. The molecule has 0 bridgehead atoms. The molecule has 106 valence electrons. The smallest absolute Gasteiger partial charge is 0.371 e. The Kier molecular flexibility index (Phi) is 4.16. The van der Waals surface area contributed by atoms with E-state index in [1.165, 1.54) is 18.5 Å². The normalized spacial score (nSPS) is 11.3. The van der Waals surface area contributed by atoms with Crippen molar-refractivity contribution in [3.8, 4) is 0 Å². The van der Waals surface area contributed by atoms with Gasteiger partial charge in [0.15, 0.2) is 4.67 Å². The Bertz CT molecular complexity index is 772. The first kappa shape index (κ1) is 15.0. The Morgan fingerprint density at radius 2 is 2.10 bits per heavy atom. The number of halogens is 2. The number of furan rings is 1. The number of rotatable bonds is 4. The summed E-state index contributed by atoms with van der Waals surface area (Å²) in [4.78, 5) is 14.3. The third-order valence-corrected chi connectivity index (χ3v) is 5.03. The highest BCUT2D eigenvalue weighted by Gasteiger charge is 2.25. The van der Waals surface area contributed by atoms with Gasteiger partial charge in [0.2, 0.25) is 5.76 Å². The first-order valence-electron chi connectivity index (χ1n) is 4.96. The maximum absolute atomic E-state index is 12.2. The number of nitrogens with one attached hydrogen (secondary N) is 1. The topological polar surface area (TPSA) is 110 Å². The van der Waals surface area contributed by atoms with Gasteiger partial charge in [-0.1, -0.05) is 0 Å². The number of hydrogen-bond acceptors (Lipinski definition) is 5. The van der Waals surface area contributed by atoms with Gasteiger partial charge < -0.3 is 9.52 Å². The molecule has 2 rings (SSSR count). The molecule has 2 aromatic heterocycles. The van der Waals surface area contributed by atoms with E-state index in [1.54, 1.807) is 0 Å². The Morgan fingerprint density at radius 3 is 2.65 bits per heavy atom. The first-order chi connectivity index (χ1) is 9.31. The van der Waals surface area contributed by atoms with E-state index in [1.807, 2.05) is 0 Å². The minimum atomic E-state index is -3.99. The standard InChI is InChI=1S/C10H6Br2N2O5S/c11-5-4-13-2-1-6(5)14-20(17,18)8-3-7(10(15)16)19-9(8)12/h1-4H,(H,13,14)(H,15,16). The van der Waals surface area contributed by atoms with Crippen LogP contribution < -0.4 is 4.72 Å². The molecule has 2 N–H and O–H groups in total. The molecule has 0 saturated carbocycles. The summed E-state index contributed by atoms with van der Waals surface area (Å²) >= 11 is 6.03. The second-order valence-corrected chi connectivity index (χ2v) is 6.74. The highest BCUT2D eigenvalue weighted by Crippen LogP contribution is 2.29. The molecule has 20 heavy (non-hydrogen) atoms. The SMILES string of the molecule is O=C(O)c1cc(S(=O)(=O)Nc2ccncc2Br)c(Br)o1. The van der Waals surface area contributed by atoms with Gasteiger partial charge in [-0.2, -0.15) is 0 Å². The van der Waals surface area contributed by atoms with Crippen LogP contribution in [-0.2, 0) is 10.0 Å². The molecule has 0 aliphatic heterocycles. The number of carboxylic acid groups (broad SMARTS) is 1. The quantitative estimate of drug-likeness (QED) is 0.779. The van der Waals surface area contributed by atoms with Crippen molar-refractivity contribution in [1.82, 2.24) is 4.98 Å². The zero-order chi connectivity index (χ0) is 14.9. The monoisotopic (exact) mass is 424 g/mol. The molecule has 10 heteroatoms. The molecular weight excluding hydrogens is 420 g/mol. The van der Waals surface area contributed by atoms with E-state index in [0.29, 0.717) is 4.47 Å². The molecule has 2 heterocycles. The largest absolute Gasteiger partial charge is 0.475 e. The van der Waals surface area contributed by atoms with E-state index >= 15 is 0 Å². The average molecular weight is 426 g/mol. The van der Waals surface area contributed by atoms with E-state index in [4.69, 9.17) is 9.52 Å². The van der Waals surface area contributed by atoms with Crippen LogP contribution in [0.5, 0.6) is 0 Å². The van der Waals surface area contributed by atoms with Crippen LogP contribution in [0.2, 0.25) is 0 Å². The molecule has 0 spiro atoms. The zero-order valence-corrected chi connectivity index (χ0v) is 13.5. The lowest BCUT2D eigenvalue weighted by Crippen LogP contribution is -2.13. The number of carboxylic acids is 1. The second kappa shape index (κ2) is 5.54. The van der Waals surface area contributed by atoms with Crippen molar-refractivity contribution >= 4 is 53.5 Å². The molecule has 0 amide bonds. The summed E-state index contributed by atoms with van der Waals surface area (Å²) in [6.07, 6.45) is 2.83. The molecule has 2 aromatic rings. The summed E-state index contributed by atoms with van der Waals surface area (Å²) in [6, 6.07) is 2.37. The van der Waals surface area contributed by atoms with Crippen molar-refractivity contribution in [3.63, 3.8) is 0 Å². The molecule has 0 fully saturated rings. The van der Waals surface area contributed by atoms with Gasteiger partial charge in [0.1, 0.15) is 4.90 Å². The van der Waals surface area contributed by atoms with E-state index < -0.39 is 21.8 Å². The fourth-order valence-corrected chi connectivity index (χ4v) is 3.80. The predicted molar refractivity (Wildman–Crippen MR) is 76.1 cm³/mol. The number of pyridine rings is 1. The lowest BCUT2D eigenvalue weighted by atomic mass is 10.4. The van der Waals surface area contributed by atoms with Gasteiger partial charge >= 0.3 is 5.97 Å². The highest BCUT2D eigenvalue weighted by atomic mass is 79.9. The number of carbonyl (C=O) groups is 1. The van der Waals surface area contributed by atoms with Gasteiger partial charge in [-0.25, -0.2) is 13.2 Å². The molecule has 0 saturated heterocycles. The molecule has 0 atom stereocenters. The van der Waals surface area contributed by atoms with Gasteiger partial charge in [-0.05, 0) is 37.9 Å². The number of aromatic carboxylic acids is 1. The Morgan fingerprint density at radius 1 is 1.40 bits per heavy atom. The summed E-state index contributed by atoms with van der Waals surface area (Å²) in [6.45, 7) is 0. The van der Waals surface area contributed by atoms with Gasteiger partial charge in [-0.3, -0.25) is 9.71 Å². The van der Waals surface area contributed by atoms with Crippen LogP contribution in [0, 0.1) is 0 Å². The molecule has 0 aliphatic rings. The van der Waals surface area contributed by atoms with E-state index in [2.05, 4.69) is 41.6 Å². The molecule has 7 nitrogen and oxygen atoms in total. The fraction of sp³-hybridized carbons (Fsp3) is 0. The van der Waals surface area contributed by atoms with Crippen LogP contribution in [0.25, 0.3) is 0 Å². The van der Waals surface area contributed by atoms with Crippen molar-refractivity contribution in [2.75, 3.05) is 4.72 Å². The van der Waals surface area contributed by atoms with Gasteiger partial charge in [0, 0.05) is 18.5 Å². The predicted octanol–water partition coefficient (Wildman–Crippen LogP) is 2.70. The Labute approximate surface area is 130 Å². The van der Waals surface area contributed by atoms with Crippen molar-refractivity contribution in [1.29, 1.82) is 0 Å². The average Bonchev–Trinajstić information content (AvgIpc) is 2.75. The van der Waals surface area contributed by atoms with E-state index in [0.717, 1.165) is 6.07 Å². The van der Waals surface area contributed by atoms with E-state index in [-0.39, 0.29) is 15.3 Å². The second-order valence-electron chi connectivity index (χ2n) is 3.51. The lowest BCUT2D eigenvalue weighted by molar-refractivity contribution is 0.0661. The number of aromatic nitrogens is 1. The summed E-state index contributed by atoms with van der Waals surface area (Å²) in [5.74, 6) is -1.84. The molecule has 0 unspecified atom stereocenters. The number of nitrogens with zero attached hydrogens (tertiary/aromatic N) is 1. The van der Waals surface area contributed by atoms with Crippen LogP contribution in [0.1, 0.15) is 10.6 Å². The van der Waals surface area contributed by atoms with Gasteiger partial charge in [0.25, 0.3) is 10.0 Å². The summed E-state index contributed by atoms with van der Waals surface area (Å²) < 4.78 is 31.7. The van der Waals surface area contributed by atoms with Crippen molar-refractivity contribution in [2.45, 2.75) is 4.90 Å². The number of sulfonamides is 1. The molecule has 0 aromatic carbocycles. The van der Waals surface area contributed by atoms with Crippen LogP contribution in [-0.4, -0.2) is 24.5 Å². The number of anilines is 1. The Balaban J connectivity index is 2.41. The van der Waals surface area contributed by atoms with Crippen molar-refractivity contribution in [2.24, 2.45) is 0 Å². The molecular formula is C10H6Br2N2O5S. The maximum atomic E-state index is 12.2. The molecule has 0 radical (unpaired) electrons. The molecule has 0 aliphatic carbocycles. The first-order valence-corrected chi connectivity index (χ1v) is 8.03. The van der Waals surface area contributed by atoms with Crippen LogP contribution in [0.15, 0.2) is 43.0 Å². The lowest BCUT2D eigenvalue weighted by Gasteiger charge is -2.07. The van der Waals surface area contributed by atoms with Gasteiger partial charge in [0.05, 0.1) is 10.2 Å². The van der Waals surface area contributed by atoms with E-state index in [9.17, 15) is 13.2 Å². The Hall–Kier alpha value is -1.39. The third-order valence-electron chi connectivity index (χ3n) is 2.17. The van der Waals surface area contributed by atoms with Crippen molar-refractivity contribution in [3.05, 3.63) is 39.4 Å². The fourth-order valence-electron chi connectivity index (χ4n) is 1.30. The maximum Gasteiger partial charge on any atom is 0.371 e. The summed E-state index contributed by atoms with van der Waals surface area (Å²) in [5, 5.41) is 8.78. The summed E-state index contributed by atoms with van der Waals surface area (Å²) in [7, 11) is -3.99. The highest BCUT2D eigenvalue weighted by molar-refractivity contribution is 9.10. The van der Waals surface area contributed by atoms with Crippen LogP contribution >= 0.6 is 31.9 Å². The zero-order valence-electron chi connectivity index (χ0n) is 9.50. The van der Waals surface area contributed by atoms with Crippen molar-refractivity contribution < 1.29 is 22.7 Å². The van der Waals surface area contributed by atoms with Gasteiger partial charge in [-0.15, -0.1) is 0 Å². The van der Waals surface area contributed by atoms with Crippen LogP contribution in [0.3, 0.4) is 0 Å².